The van der Waals surface area contributed by atoms with E-state index in [2.05, 4.69) is 4.57 Å². The molecule has 1 saturated carbocycles. The van der Waals surface area contributed by atoms with Gasteiger partial charge in [0.05, 0.1) is 11.0 Å². The van der Waals surface area contributed by atoms with Gasteiger partial charge in [-0.25, -0.2) is 9.37 Å². The van der Waals surface area contributed by atoms with Crippen LogP contribution in [0, 0.1) is 5.82 Å². The van der Waals surface area contributed by atoms with E-state index in [0.717, 1.165) is 37.0 Å². The Kier molecular flexibility index (Phi) is 4.85. The number of halogens is 1. The molecular formula is C24H24FN3O2. The highest BCUT2D eigenvalue weighted by molar-refractivity contribution is 6.42. The number of piperidine rings is 1. The summed E-state index contributed by atoms with van der Waals surface area (Å²) in [5.74, 6) is 0.322. The molecule has 0 bridgehead atoms. The summed E-state index contributed by atoms with van der Waals surface area (Å²) in [6.07, 6.45) is 4.97. The maximum absolute atomic E-state index is 13.7. The van der Waals surface area contributed by atoms with Crippen molar-refractivity contribution in [3.8, 4) is 0 Å². The molecule has 0 atom stereocenters. The number of likely N-dealkylation sites (tertiary alicyclic amines) is 1. The highest BCUT2D eigenvalue weighted by atomic mass is 19.1. The van der Waals surface area contributed by atoms with Crippen LogP contribution in [0.2, 0.25) is 0 Å². The second-order valence-corrected chi connectivity index (χ2v) is 8.32. The third kappa shape index (κ3) is 3.30. The molecule has 1 aliphatic carbocycles. The highest BCUT2D eigenvalue weighted by Crippen LogP contribution is 2.40. The molecule has 3 aromatic rings. The van der Waals surface area contributed by atoms with Gasteiger partial charge in [0.1, 0.15) is 11.6 Å². The van der Waals surface area contributed by atoms with Gasteiger partial charge in [-0.2, -0.15) is 0 Å². The van der Waals surface area contributed by atoms with Crippen molar-refractivity contribution in [2.75, 3.05) is 13.1 Å². The Morgan fingerprint density at radius 2 is 1.70 bits per heavy atom. The Labute approximate surface area is 174 Å². The molecule has 1 aliphatic heterocycles. The quantitative estimate of drug-likeness (QED) is 0.475. The maximum Gasteiger partial charge on any atom is 0.294 e. The summed E-state index contributed by atoms with van der Waals surface area (Å²) in [6.45, 7) is 1.07. The summed E-state index contributed by atoms with van der Waals surface area (Å²) in [5.41, 5.74) is 2.10. The van der Waals surface area contributed by atoms with Gasteiger partial charge in [-0.15, -0.1) is 0 Å². The van der Waals surface area contributed by atoms with E-state index in [1.807, 2.05) is 12.1 Å². The summed E-state index contributed by atoms with van der Waals surface area (Å²) in [7, 11) is 0. The summed E-state index contributed by atoms with van der Waals surface area (Å²) < 4.78 is 16.0. The van der Waals surface area contributed by atoms with E-state index in [1.165, 1.54) is 18.6 Å². The lowest BCUT2D eigenvalue weighted by molar-refractivity contribution is -0.127. The molecule has 0 radical (unpaired) electrons. The molecule has 0 unspecified atom stereocenters. The summed E-state index contributed by atoms with van der Waals surface area (Å²) in [5, 5.41) is 0. The summed E-state index contributed by atoms with van der Waals surface area (Å²) in [6, 6.07) is 13.7. The molecule has 30 heavy (non-hydrogen) atoms. The van der Waals surface area contributed by atoms with E-state index in [0.29, 0.717) is 30.1 Å². The van der Waals surface area contributed by atoms with Crippen LogP contribution in [0.3, 0.4) is 0 Å². The van der Waals surface area contributed by atoms with E-state index >= 15 is 0 Å². The van der Waals surface area contributed by atoms with Gasteiger partial charge in [-0.05, 0) is 37.8 Å². The Morgan fingerprint density at radius 3 is 2.37 bits per heavy atom. The average Bonchev–Trinajstić information content (AvgIpc) is 3.09. The first-order chi connectivity index (χ1) is 14.6. The van der Waals surface area contributed by atoms with Crippen LogP contribution >= 0.6 is 0 Å². The third-order valence-electron chi connectivity index (χ3n) is 6.50. The minimum absolute atomic E-state index is 0.201. The lowest BCUT2D eigenvalue weighted by Crippen LogP contribution is -2.42. The van der Waals surface area contributed by atoms with Gasteiger partial charge in [0, 0.05) is 36.7 Å². The first-order valence-corrected chi connectivity index (χ1v) is 10.7. The number of imidazole rings is 1. The number of carbonyl (C=O) groups excluding carboxylic acids is 2. The zero-order chi connectivity index (χ0) is 20.7. The number of aromatic nitrogens is 2. The Hall–Kier alpha value is -3.02. The third-order valence-corrected chi connectivity index (χ3v) is 6.50. The molecular weight excluding hydrogens is 381 g/mol. The van der Waals surface area contributed by atoms with Crippen LogP contribution in [-0.2, 0) is 4.79 Å². The topological polar surface area (TPSA) is 55.2 Å². The van der Waals surface area contributed by atoms with E-state index in [4.69, 9.17) is 4.98 Å². The fourth-order valence-electron chi connectivity index (χ4n) is 4.61. The van der Waals surface area contributed by atoms with Gasteiger partial charge in [0.2, 0.25) is 5.78 Å². The van der Waals surface area contributed by atoms with Crippen LogP contribution < -0.4 is 0 Å². The molecule has 1 amide bonds. The van der Waals surface area contributed by atoms with Gasteiger partial charge < -0.3 is 9.47 Å². The number of hydrogen-bond acceptors (Lipinski definition) is 3. The van der Waals surface area contributed by atoms with Crippen LogP contribution in [0.1, 0.15) is 60.2 Å². The molecule has 5 rings (SSSR count). The van der Waals surface area contributed by atoms with E-state index < -0.39 is 11.7 Å². The first kappa shape index (κ1) is 19.0. The molecule has 0 spiro atoms. The fourth-order valence-corrected chi connectivity index (χ4v) is 4.61. The van der Waals surface area contributed by atoms with Crippen LogP contribution in [0.25, 0.3) is 11.0 Å². The Balaban J connectivity index is 1.36. The zero-order valence-corrected chi connectivity index (χ0v) is 16.8. The molecule has 1 aromatic heterocycles. The van der Waals surface area contributed by atoms with Crippen molar-refractivity contribution in [1.82, 2.24) is 14.5 Å². The van der Waals surface area contributed by atoms with Gasteiger partial charge in [-0.3, -0.25) is 9.59 Å². The number of Topliss-reactive ketones (excluding diaryl/α,β-unsaturated/α-hetero) is 1. The van der Waals surface area contributed by atoms with Gasteiger partial charge in [0.25, 0.3) is 5.91 Å². The lowest BCUT2D eigenvalue weighted by Gasteiger charge is -2.35. The molecule has 2 aromatic carbocycles. The average molecular weight is 405 g/mol. The summed E-state index contributed by atoms with van der Waals surface area (Å²) in [4.78, 5) is 31.6. The smallest absolute Gasteiger partial charge is 0.294 e. The fraction of sp³-hybridized carbons (Fsp3) is 0.375. The highest BCUT2D eigenvalue weighted by Gasteiger charge is 2.32. The van der Waals surface area contributed by atoms with Gasteiger partial charge in [0.15, 0.2) is 0 Å². The minimum atomic E-state index is -0.451. The van der Waals surface area contributed by atoms with Crippen LogP contribution in [0.4, 0.5) is 4.39 Å². The molecule has 6 heteroatoms. The monoisotopic (exact) mass is 405 g/mol. The lowest BCUT2D eigenvalue weighted by atomic mass is 9.84. The van der Waals surface area contributed by atoms with Crippen molar-refractivity contribution in [3.63, 3.8) is 0 Å². The maximum atomic E-state index is 13.7. The normalized spacial score (nSPS) is 17.8. The Bertz CT molecular complexity index is 1100. The summed E-state index contributed by atoms with van der Waals surface area (Å²) >= 11 is 0. The van der Waals surface area contributed by atoms with Crippen LogP contribution in [-0.4, -0.2) is 39.2 Å². The molecule has 2 heterocycles. The second kappa shape index (κ2) is 7.67. The second-order valence-electron chi connectivity index (χ2n) is 8.32. The number of rotatable bonds is 4. The Morgan fingerprint density at radius 1 is 0.967 bits per heavy atom. The number of benzene rings is 2. The van der Waals surface area contributed by atoms with Crippen molar-refractivity contribution in [2.24, 2.45) is 0 Å². The van der Waals surface area contributed by atoms with Crippen molar-refractivity contribution in [2.45, 2.75) is 44.1 Å². The largest absolute Gasteiger partial charge is 0.336 e. The van der Waals surface area contributed by atoms with Gasteiger partial charge in [-0.1, -0.05) is 36.8 Å². The minimum Gasteiger partial charge on any atom is -0.336 e. The number of amides is 1. The molecule has 1 saturated heterocycles. The predicted octanol–water partition coefficient (Wildman–Crippen LogP) is 4.49. The SMILES string of the molecule is O=C(C(=O)N1CCC(n2c(C3CCC3)nc3cc(F)ccc32)CC1)c1ccccc1. The standard InChI is InChI=1S/C24H24FN3O2/c25-18-9-10-21-20(15-18)26-23(17-7-4-8-17)28(21)19-11-13-27(14-12-19)24(30)22(29)16-5-2-1-3-6-16/h1-3,5-6,9-10,15,17,19H,4,7-8,11-14H2. The first-order valence-electron chi connectivity index (χ1n) is 10.7. The van der Waals surface area contributed by atoms with E-state index in [9.17, 15) is 14.0 Å². The van der Waals surface area contributed by atoms with Crippen molar-refractivity contribution >= 4 is 22.7 Å². The van der Waals surface area contributed by atoms with Crippen LogP contribution in [0.15, 0.2) is 48.5 Å². The van der Waals surface area contributed by atoms with Gasteiger partial charge >= 0.3 is 0 Å². The molecule has 2 fully saturated rings. The van der Waals surface area contributed by atoms with Crippen molar-refractivity contribution in [1.29, 1.82) is 0 Å². The molecule has 2 aliphatic rings. The number of fused-ring (bicyclic) bond motifs is 1. The zero-order valence-electron chi connectivity index (χ0n) is 16.8. The molecule has 5 nitrogen and oxygen atoms in total. The van der Waals surface area contributed by atoms with Crippen molar-refractivity contribution in [3.05, 3.63) is 65.7 Å². The number of hydrogen-bond donors (Lipinski definition) is 0. The molecule has 154 valence electrons. The predicted molar refractivity (Wildman–Crippen MR) is 112 cm³/mol. The van der Waals surface area contributed by atoms with Crippen LogP contribution in [0.5, 0.6) is 0 Å². The number of nitrogens with zero attached hydrogens (tertiary/aromatic N) is 3. The molecule has 0 N–H and O–H groups in total. The van der Waals surface area contributed by atoms with E-state index in [1.54, 1.807) is 29.2 Å². The van der Waals surface area contributed by atoms with Crippen molar-refractivity contribution < 1.29 is 14.0 Å². The number of carbonyl (C=O) groups is 2. The number of ketones is 1. The van der Waals surface area contributed by atoms with E-state index in [-0.39, 0.29) is 11.9 Å².